The molecule has 1 heterocycles. The van der Waals surface area contributed by atoms with Crippen molar-refractivity contribution in [3.05, 3.63) is 70.9 Å². The summed E-state index contributed by atoms with van der Waals surface area (Å²) in [5, 5.41) is 13.6. The number of carbonyl (C=O) groups is 1. The van der Waals surface area contributed by atoms with Crippen LogP contribution in [-0.4, -0.2) is 16.4 Å². The van der Waals surface area contributed by atoms with E-state index in [0.29, 0.717) is 16.9 Å². The standard InChI is InChI=1S/C24H29NO3/c1-23(2,3)18-13-15(11-12-19(18)26)22-17(14-25-24(4,5)6)21(27)16-9-7-8-10-20(16)28-22/h7-14,22,25-26H,1-6H3. The first-order chi connectivity index (χ1) is 13.0. The number of Topliss-reactive ketones (excluding diaryl/α,β-unsaturated/α-hetero) is 1. The molecule has 1 aliphatic rings. The molecule has 0 saturated carbocycles. The molecule has 1 atom stereocenters. The third-order valence-electron chi connectivity index (χ3n) is 4.71. The highest BCUT2D eigenvalue weighted by Crippen LogP contribution is 2.40. The van der Waals surface area contributed by atoms with Gasteiger partial charge in [-0.15, -0.1) is 0 Å². The average Bonchev–Trinajstić information content (AvgIpc) is 2.59. The molecule has 2 N–H and O–H groups in total. The number of para-hydroxylation sites is 1. The maximum absolute atomic E-state index is 13.2. The normalized spacial score (nSPS) is 18.6. The lowest BCUT2D eigenvalue weighted by Gasteiger charge is -2.30. The van der Waals surface area contributed by atoms with E-state index >= 15 is 0 Å². The Morgan fingerprint density at radius 1 is 1.04 bits per heavy atom. The van der Waals surface area contributed by atoms with Gasteiger partial charge in [-0.2, -0.15) is 0 Å². The fourth-order valence-corrected chi connectivity index (χ4v) is 3.22. The van der Waals surface area contributed by atoms with Crippen molar-refractivity contribution in [2.75, 3.05) is 0 Å². The highest BCUT2D eigenvalue weighted by molar-refractivity contribution is 6.12. The minimum absolute atomic E-state index is 0.0472. The van der Waals surface area contributed by atoms with Crippen molar-refractivity contribution in [3.8, 4) is 11.5 Å². The van der Waals surface area contributed by atoms with E-state index in [1.54, 1.807) is 18.3 Å². The van der Waals surface area contributed by atoms with Crippen LogP contribution >= 0.6 is 0 Å². The Labute approximate surface area is 167 Å². The first-order valence-corrected chi connectivity index (χ1v) is 9.59. The van der Waals surface area contributed by atoms with Crippen molar-refractivity contribution in [1.29, 1.82) is 0 Å². The van der Waals surface area contributed by atoms with Crippen LogP contribution in [0.1, 0.15) is 69.1 Å². The molecule has 0 spiro atoms. The monoisotopic (exact) mass is 379 g/mol. The van der Waals surface area contributed by atoms with Crippen molar-refractivity contribution >= 4 is 5.78 Å². The molecular formula is C24H29NO3. The number of aromatic hydroxyl groups is 1. The zero-order valence-corrected chi connectivity index (χ0v) is 17.5. The molecule has 0 aliphatic carbocycles. The maximum atomic E-state index is 13.2. The zero-order valence-electron chi connectivity index (χ0n) is 17.5. The molecule has 2 aromatic rings. The van der Waals surface area contributed by atoms with Gasteiger partial charge in [-0.3, -0.25) is 4.79 Å². The zero-order chi connectivity index (χ0) is 20.7. The number of benzene rings is 2. The number of hydrogen-bond acceptors (Lipinski definition) is 4. The SMILES string of the molecule is CC(C)(C)NC=C1C(=O)c2ccccc2OC1c1ccc(O)c(C(C)(C)C)c1. The van der Waals surface area contributed by atoms with E-state index in [0.717, 1.165) is 11.1 Å². The molecule has 0 fully saturated rings. The van der Waals surface area contributed by atoms with Gasteiger partial charge in [-0.05, 0) is 61.6 Å². The average molecular weight is 380 g/mol. The van der Waals surface area contributed by atoms with Gasteiger partial charge in [0.2, 0.25) is 0 Å². The van der Waals surface area contributed by atoms with Gasteiger partial charge in [-0.1, -0.05) is 39.0 Å². The van der Waals surface area contributed by atoms with E-state index in [1.165, 1.54) is 0 Å². The first-order valence-electron chi connectivity index (χ1n) is 9.59. The smallest absolute Gasteiger partial charge is 0.198 e. The number of phenols is 1. The van der Waals surface area contributed by atoms with E-state index in [-0.39, 0.29) is 22.5 Å². The van der Waals surface area contributed by atoms with Gasteiger partial charge in [0.15, 0.2) is 11.9 Å². The quantitative estimate of drug-likeness (QED) is 0.697. The Hall–Kier alpha value is -2.75. The third-order valence-corrected chi connectivity index (χ3v) is 4.71. The van der Waals surface area contributed by atoms with Gasteiger partial charge in [0.25, 0.3) is 0 Å². The lowest BCUT2D eigenvalue weighted by Crippen LogP contribution is -2.34. The van der Waals surface area contributed by atoms with Crippen molar-refractivity contribution in [2.45, 2.75) is 58.6 Å². The number of phenolic OH excluding ortho intramolecular Hbond substituents is 1. The molecule has 0 bridgehead atoms. The Morgan fingerprint density at radius 3 is 2.36 bits per heavy atom. The summed E-state index contributed by atoms with van der Waals surface area (Å²) >= 11 is 0. The van der Waals surface area contributed by atoms with Crippen LogP contribution < -0.4 is 10.1 Å². The minimum atomic E-state index is -0.543. The number of hydrogen-bond donors (Lipinski definition) is 2. The Morgan fingerprint density at radius 2 is 1.71 bits per heavy atom. The second-order valence-corrected chi connectivity index (χ2v) is 9.34. The second-order valence-electron chi connectivity index (χ2n) is 9.34. The van der Waals surface area contributed by atoms with Crippen molar-refractivity contribution < 1.29 is 14.6 Å². The molecule has 28 heavy (non-hydrogen) atoms. The van der Waals surface area contributed by atoms with Crippen LogP contribution in [0.2, 0.25) is 0 Å². The molecule has 1 unspecified atom stereocenters. The predicted octanol–water partition coefficient (Wildman–Crippen LogP) is 5.28. The van der Waals surface area contributed by atoms with Crippen LogP contribution in [0, 0.1) is 0 Å². The molecule has 0 aromatic heterocycles. The van der Waals surface area contributed by atoms with Crippen LogP contribution in [0.5, 0.6) is 11.5 Å². The maximum Gasteiger partial charge on any atom is 0.198 e. The summed E-state index contributed by atoms with van der Waals surface area (Å²) in [4.78, 5) is 13.2. The first kappa shape index (κ1) is 20.0. The summed E-state index contributed by atoms with van der Waals surface area (Å²) in [6.45, 7) is 12.3. The van der Waals surface area contributed by atoms with Crippen molar-refractivity contribution in [3.63, 3.8) is 0 Å². The van der Waals surface area contributed by atoms with Crippen LogP contribution in [0.4, 0.5) is 0 Å². The molecular weight excluding hydrogens is 350 g/mol. The van der Waals surface area contributed by atoms with Gasteiger partial charge in [0.1, 0.15) is 11.5 Å². The molecule has 2 aromatic carbocycles. The fraction of sp³-hybridized carbons (Fsp3) is 0.375. The van der Waals surface area contributed by atoms with Crippen LogP contribution in [0.3, 0.4) is 0 Å². The Bertz CT molecular complexity index is 930. The number of ketones is 1. The van der Waals surface area contributed by atoms with Crippen LogP contribution in [0.15, 0.2) is 54.2 Å². The lowest BCUT2D eigenvalue weighted by atomic mass is 9.83. The summed E-state index contributed by atoms with van der Waals surface area (Å²) in [5.41, 5.74) is 2.37. The second kappa shape index (κ2) is 7.01. The van der Waals surface area contributed by atoms with Crippen LogP contribution in [0.25, 0.3) is 0 Å². The summed E-state index contributed by atoms with van der Waals surface area (Å²) in [6, 6.07) is 12.7. The molecule has 4 heteroatoms. The van der Waals surface area contributed by atoms with Gasteiger partial charge in [0.05, 0.1) is 11.1 Å². The number of ether oxygens (including phenoxy) is 1. The predicted molar refractivity (Wildman–Crippen MR) is 112 cm³/mol. The van der Waals surface area contributed by atoms with E-state index in [2.05, 4.69) is 5.32 Å². The molecule has 4 nitrogen and oxygen atoms in total. The summed E-state index contributed by atoms with van der Waals surface area (Å²) in [6.07, 6.45) is 1.23. The molecule has 3 rings (SSSR count). The van der Waals surface area contributed by atoms with E-state index in [4.69, 9.17) is 4.74 Å². The molecule has 1 aliphatic heterocycles. The van der Waals surface area contributed by atoms with E-state index in [1.807, 2.05) is 71.9 Å². The van der Waals surface area contributed by atoms with Crippen molar-refractivity contribution in [2.24, 2.45) is 0 Å². The highest BCUT2D eigenvalue weighted by Gasteiger charge is 2.34. The number of carbonyl (C=O) groups excluding carboxylic acids is 1. The van der Waals surface area contributed by atoms with Gasteiger partial charge >= 0.3 is 0 Å². The van der Waals surface area contributed by atoms with Gasteiger partial charge in [-0.25, -0.2) is 0 Å². The molecule has 148 valence electrons. The van der Waals surface area contributed by atoms with E-state index < -0.39 is 6.10 Å². The number of nitrogens with one attached hydrogen (secondary N) is 1. The van der Waals surface area contributed by atoms with Crippen LogP contribution in [-0.2, 0) is 5.41 Å². The number of rotatable bonds is 2. The van der Waals surface area contributed by atoms with E-state index in [9.17, 15) is 9.90 Å². The Balaban J connectivity index is 2.13. The minimum Gasteiger partial charge on any atom is -0.508 e. The lowest BCUT2D eigenvalue weighted by molar-refractivity contribution is 0.0959. The Kier molecular flexibility index (Phi) is 5.00. The summed E-state index contributed by atoms with van der Waals surface area (Å²) in [7, 11) is 0. The van der Waals surface area contributed by atoms with Crippen molar-refractivity contribution in [1.82, 2.24) is 5.32 Å². The third kappa shape index (κ3) is 4.06. The molecule has 0 amide bonds. The molecule has 0 saturated heterocycles. The highest BCUT2D eigenvalue weighted by atomic mass is 16.5. The topological polar surface area (TPSA) is 58.6 Å². The van der Waals surface area contributed by atoms with Gasteiger partial charge < -0.3 is 15.2 Å². The summed E-state index contributed by atoms with van der Waals surface area (Å²) in [5.74, 6) is 0.780. The van der Waals surface area contributed by atoms with Gasteiger partial charge in [0, 0.05) is 11.7 Å². The molecule has 0 radical (unpaired) electrons. The summed E-state index contributed by atoms with van der Waals surface area (Å²) < 4.78 is 6.26. The number of fused-ring (bicyclic) bond motifs is 1. The fourth-order valence-electron chi connectivity index (χ4n) is 3.22. The largest absolute Gasteiger partial charge is 0.508 e.